The summed E-state index contributed by atoms with van der Waals surface area (Å²) in [5.41, 5.74) is 1.96. The SMILES string of the molecule is CCC(CSC)N(C)c1ccc(Cl)cc1CO. The van der Waals surface area contributed by atoms with Crippen LogP contribution in [0.1, 0.15) is 18.9 Å². The summed E-state index contributed by atoms with van der Waals surface area (Å²) in [4.78, 5) is 2.23. The maximum absolute atomic E-state index is 9.39. The second-order valence-electron chi connectivity index (χ2n) is 4.06. The van der Waals surface area contributed by atoms with Crippen LogP contribution in [0.4, 0.5) is 5.69 Å². The molecule has 1 N–H and O–H groups in total. The lowest BCUT2D eigenvalue weighted by molar-refractivity contribution is 0.282. The molecule has 0 amide bonds. The van der Waals surface area contributed by atoms with Gasteiger partial charge >= 0.3 is 0 Å². The van der Waals surface area contributed by atoms with Gasteiger partial charge in [-0.05, 0) is 30.9 Å². The number of thioether (sulfide) groups is 1. The van der Waals surface area contributed by atoms with Crippen molar-refractivity contribution in [1.82, 2.24) is 0 Å². The van der Waals surface area contributed by atoms with Crippen LogP contribution in [-0.4, -0.2) is 30.2 Å². The van der Waals surface area contributed by atoms with Crippen molar-refractivity contribution in [3.8, 4) is 0 Å². The van der Waals surface area contributed by atoms with Crippen molar-refractivity contribution >= 4 is 29.1 Å². The van der Waals surface area contributed by atoms with E-state index in [4.69, 9.17) is 11.6 Å². The van der Waals surface area contributed by atoms with Crippen molar-refractivity contribution in [2.75, 3.05) is 24.0 Å². The summed E-state index contributed by atoms with van der Waals surface area (Å²) in [6.45, 7) is 2.21. The molecule has 0 heterocycles. The van der Waals surface area contributed by atoms with Gasteiger partial charge in [0.1, 0.15) is 0 Å². The van der Waals surface area contributed by atoms with Crippen molar-refractivity contribution in [2.45, 2.75) is 26.0 Å². The summed E-state index contributed by atoms with van der Waals surface area (Å²) >= 11 is 7.78. The minimum absolute atomic E-state index is 0.0237. The Hall–Kier alpha value is -0.380. The van der Waals surface area contributed by atoms with Gasteiger partial charge in [0.05, 0.1) is 6.61 Å². The molecule has 96 valence electrons. The standard InChI is InChI=1S/C13H20ClNOS/c1-4-12(9-17-3)15(2)13-6-5-11(14)7-10(13)8-16/h5-7,12,16H,4,8-9H2,1-3H3. The molecule has 1 aromatic carbocycles. The third-order valence-electron chi connectivity index (χ3n) is 2.97. The van der Waals surface area contributed by atoms with Crippen LogP contribution in [0, 0.1) is 0 Å². The first-order chi connectivity index (χ1) is 8.13. The van der Waals surface area contributed by atoms with Gasteiger partial charge in [-0.2, -0.15) is 11.8 Å². The van der Waals surface area contributed by atoms with Crippen LogP contribution in [0.5, 0.6) is 0 Å². The Morgan fingerprint density at radius 3 is 2.71 bits per heavy atom. The van der Waals surface area contributed by atoms with Crippen LogP contribution in [0.15, 0.2) is 18.2 Å². The molecule has 1 rings (SSSR count). The topological polar surface area (TPSA) is 23.5 Å². The van der Waals surface area contributed by atoms with Crippen molar-refractivity contribution in [3.05, 3.63) is 28.8 Å². The predicted octanol–water partition coefficient (Wildman–Crippen LogP) is 3.41. The van der Waals surface area contributed by atoms with E-state index in [1.165, 1.54) is 0 Å². The smallest absolute Gasteiger partial charge is 0.0702 e. The third-order valence-corrected chi connectivity index (χ3v) is 3.92. The molecule has 1 unspecified atom stereocenters. The Kier molecular flexibility index (Phi) is 6.17. The quantitative estimate of drug-likeness (QED) is 0.859. The molecule has 0 fully saturated rings. The number of nitrogens with zero attached hydrogens (tertiary/aromatic N) is 1. The summed E-state index contributed by atoms with van der Waals surface area (Å²) in [5, 5.41) is 10.1. The highest BCUT2D eigenvalue weighted by Crippen LogP contribution is 2.26. The fraction of sp³-hybridized carbons (Fsp3) is 0.538. The fourth-order valence-electron chi connectivity index (χ4n) is 1.92. The first kappa shape index (κ1) is 14.7. The van der Waals surface area contributed by atoms with E-state index in [0.717, 1.165) is 23.4 Å². The average molecular weight is 274 g/mol. The van der Waals surface area contributed by atoms with Crippen molar-refractivity contribution in [2.24, 2.45) is 0 Å². The van der Waals surface area contributed by atoms with E-state index in [-0.39, 0.29) is 6.61 Å². The highest BCUT2D eigenvalue weighted by Gasteiger charge is 2.15. The van der Waals surface area contributed by atoms with Gasteiger partial charge in [-0.1, -0.05) is 18.5 Å². The molecule has 0 aliphatic carbocycles. The zero-order valence-electron chi connectivity index (χ0n) is 10.6. The van der Waals surface area contributed by atoms with E-state index >= 15 is 0 Å². The fourth-order valence-corrected chi connectivity index (χ4v) is 2.96. The zero-order valence-corrected chi connectivity index (χ0v) is 12.2. The lowest BCUT2D eigenvalue weighted by atomic mass is 10.1. The first-order valence-electron chi connectivity index (χ1n) is 5.75. The van der Waals surface area contributed by atoms with Crippen LogP contribution in [-0.2, 0) is 6.61 Å². The minimum atomic E-state index is 0.0237. The van der Waals surface area contributed by atoms with Crippen LogP contribution in [0.3, 0.4) is 0 Å². The van der Waals surface area contributed by atoms with Gasteiger partial charge in [-0.3, -0.25) is 0 Å². The lowest BCUT2D eigenvalue weighted by Gasteiger charge is -2.30. The van der Waals surface area contributed by atoms with Crippen molar-refractivity contribution in [1.29, 1.82) is 0 Å². The number of aliphatic hydroxyl groups excluding tert-OH is 1. The molecule has 0 aliphatic rings. The predicted molar refractivity (Wildman–Crippen MR) is 78.2 cm³/mol. The maximum Gasteiger partial charge on any atom is 0.0702 e. The number of anilines is 1. The second-order valence-corrected chi connectivity index (χ2v) is 5.41. The highest BCUT2D eigenvalue weighted by molar-refractivity contribution is 7.98. The van der Waals surface area contributed by atoms with E-state index in [1.54, 1.807) is 0 Å². The molecule has 0 saturated heterocycles. The molecular weight excluding hydrogens is 254 g/mol. The van der Waals surface area contributed by atoms with Gasteiger partial charge in [0.15, 0.2) is 0 Å². The summed E-state index contributed by atoms with van der Waals surface area (Å²) in [7, 11) is 2.08. The Labute approximate surface area is 113 Å². The molecule has 0 bridgehead atoms. The molecule has 0 spiro atoms. The monoisotopic (exact) mass is 273 g/mol. The van der Waals surface area contributed by atoms with Gasteiger partial charge < -0.3 is 10.0 Å². The van der Waals surface area contributed by atoms with E-state index in [0.29, 0.717) is 11.1 Å². The van der Waals surface area contributed by atoms with E-state index in [1.807, 2.05) is 30.0 Å². The average Bonchev–Trinajstić information content (AvgIpc) is 2.34. The molecule has 0 radical (unpaired) electrons. The van der Waals surface area contributed by atoms with E-state index in [9.17, 15) is 5.11 Å². The summed E-state index contributed by atoms with van der Waals surface area (Å²) < 4.78 is 0. The number of benzene rings is 1. The number of rotatable bonds is 6. The normalized spacial score (nSPS) is 12.5. The minimum Gasteiger partial charge on any atom is -0.392 e. The molecule has 0 aromatic heterocycles. The number of aliphatic hydroxyl groups is 1. The molecule has 2 nitrogen and oxygen atoms in total. The lowest BCUT2D eigenvalue weighted by Crippen LogP contribution is -2.33. The number of halogens is 1. The Morgan fingerprint density at radius 1 is 1.47 bits per heavy atom. The van der Waals surface area contributed by atoms with E-state index in [2.05, 4.69) is 25.1 Å². The highest BCUT2D eigenvalue weighted by atomic mass is 35.5. The first-order valence-corrected chi connectivity index (χ1v) is 7.52. The zero-order chi connectivity index (χ0) is 12.8. The molecule has 1 aromatic rings. The van der Waals surface area contributed by atoms with Gasteiger partial charge in [0.25, 0.3) is 0 Å². The van der Waals surface area contributed by atoms with Gasteiger partial charge in [0.2, 0.25) is 0 Å². The molecular formula is C13H20ClNOS. The van der Waals surface area contributed by atoms with E-state index < -0.39 is 0 Å². The summed E-state index contributed by atoms with van der Waals surface area (Å²) in [6.07, 6.45) is 3.20. The maximum atomic E-state index is 9.39. The van der Waals surface area contributed by atoms with Gasteiger partial charge in [-0.25, -0.2) is 0 Å². The molecule has 1 atom stereocenters. The summed E-state index contributed by atoms with van der Waals surface area (Å²) in [5.74, 6) is 1.08. The Morgan fingerprint density at radius 2 is 2.18 bits per heavy atom. The summed E-state index contributed by atoms with van der Waals surface area (Å²) in [6, 6.07) is 6.17. The van der Waals surface area contributed by atoms with Crippen LogP contribution >= 0.6 is 23.4 Å². The van der Waals surface area contributed by atoms with Gasteiger partial charge in [0, 0.05) is 35.1 Å². The molecule has 4 heteroatoms. The Balaban J connectivity index is 2.97. The molecule has 0 saturated carbocycles. The largest absolute Gasteiger partial charge is 0.392 e. The van der Waals surface area contributed by atoms with Crippen LogP contribution in [0.2, 0.25) is 5.02 Å². The Bertz CT molecular complexity index is 359. The van der Waals surface area contributed by atoms with Crippen LogP contribution in [0.25, 0.3) is 0 Å². The van der Waals surface area contributed by atoms with Crippen molar-refractivity contribution < 1.29 is 5.11 Å². The van der Waals surface area contributed by atoms with Crippen LogP contribution < -0.4 is 4.90 Å². The number of hydrogen-bond donors (Lipinski definition) is 1. The molecule has 17 heavy (non-hydrogen) atoms. The van der Waals surface area contributed by atoms with Crippen molar-refractivity contribution in [3.63, 3.8) is 0 Å². The second kappa shape index (κ2) is 7.14. The molecule has 0 aliphatic heterocycles. The number of hydrogen-bond acceptors (Lipinski definition) is 3. The third kappa shape index (κ3) is 3.80. The van der Waals surface area contributed by atoms with Gasteiger partial charge in [-0.15, -0.1) is 0 Å².